The SMILES string of the molecule is CCN1C(=O)OC1=O. The Morgan fingerprint density at radius 2 is 2.00 bits per heavy atom. The molecule has 0 aromatic carbocycles. The molecule has 4 nitrogen and oxygen atoms in total. The van der Waals surface area contributed by atoms with Crippen molar-refractivity contribution in [1.29, 1.82) is 0 Å². The van der Waals surface area contributed by atoms with Gasteiger partial charge in [0.05, 0.1) is 0 Å². The number of hydrogen-bond acceptors (Lipinski definition) is 3. The molecule has 0 radical (unpaired) electrons. The minimum atomic E-state index is -0.544. The molecule has 0 spiro atoms. The quantitative estimate of drug-likeness (QED) is 0.469. The molecular formula is C4H5NO3. The monoisotopic (exact) mass is 115 g/mol. The van der Waals surface area contributed by atoms with Crippen LogP contribution >= 0.6 is 0 Å². The minimum absolute atomic E-state index is 0.400. The van der Waals surface area contributed by atoms with E-state index < -0.39 is 12.2 Å². The molecule has 1 heterocycles. The molecule has 4 heteroatoms. The highest BCUT2D eigenvalue weighted by Gasteiger charge is 2.35. The van der Waals surface area contributed by atoms with Gasteiger partial charge in [-0.2, -0.15) is 0 Å². The maximum absolute atomic E-state index is 10.2. The van der Waals surface area contributed by atoms with Gasteiger partial charge in [-0.15, -0.1) is 0 Å². The van der Waals surface area contributed by atoms with Crippen LogP contribution in [0.5, 0.6) is 0 Å². The fourth-order valence-corrected chi connectivity index (χ4v) is 0.479. The van der Waals surface area contributed by atoms with Crippen LogP contribution in [0.2, 0.25) is 0 Å². The molecule has 0 aromatic heterocycles. The zero-order valence-corrected chi connectivity index (χ0v) is 4.38. The van der Waals surface area contributed by atoms with Crippen molar-refractivity contribution in [2.45, 2.75) is 6.92 Å². The van der Waals surface area contributed by atoms with Gasteiger partial charge in [-0.3, -0.25) is 0 Å². The number of rotatable bonds is 1. The van der Waals surface area contributed by atoms with Gasteiger partial charge in [0.2, 0.25) is 0 Å². The highest BCUT2D eigenvalue weighted by atomic mass is 16.7. The van der Waals surface area contributed by atoms with Gasteiger partial charge < -0.3 is 4.74 Å². The van der Waals surface area contributed by atoms with E-state index in [4.69, 9.17) is 0 Å². The third kappa shape index (κ3) is 0.458. The van der Waals surface area contributed by atoms with Crippen LogP contribution in [0.15, 0.2) is 0 Å². The number of hydrogen-bond donors (Lipinski definition) is 0. The Hall–Kier alpha value is -1.06. The fraction of sp³-hybridized carbons (Fsp3) is 0.500. The van der Waals surface area contributed by atoms with E-state index in [0.29, 0.717) is 6.54 Å². The van der Waals surface area contributed by atoms with Gasteiger partial charge in [0.1, 0.15) is 0 Å². The summed E-state index contributed by atoms with van der Waals surface area (Å²) >= 11 is 0. The molecule has 1 saturated heterocycles. The van der Waals surface area contributed by atoms with Crippen molar-refractivity contribution in [2.24, 2.45) is 0 Å². The smallest absolute Gasteiger partial charge is 0.358 e. The topological polar surface area (TPSA) is 46.6 Å². The summed E-state index contributed by atoms with van der Waals surface area (Å²) in [4.78, 5) is 21.3. The van der Waals surface area contributed by atoms with Crippen LogP contribution in [0, 0.1) is 0 Å². The maximum atomic E-state index is 10.2. The summed E-state index contributed by atoms with van der Waals surface area (Å²) in [6.07, 6.45) is -1.09. The molecule has 1 aliphatic rings. The lowest BCUT2D eigenvalue weighted by Gasteiger charge is -2.24. The van der Waals surface area contributed by atoms with Crippen LogP contribution in [0.3, 0.4) is 0 Å². The molecule has 0 N–H and O–H groups in total. The average Bonchev–Trinajstić information content (AvgIpc) is 1.67. The van der Waals surface area contributed by atoms with Crippen molar-refractivity contribution in [3.63, 3.8) is 0 Å². The molecule has 0 unspecified atom stereocenters. The number of imide groups is 1. The van der Waals surface area contributed by atoms with Gasteiger partial charge >= 0.3 is 12.2 Å². The van der Waals surface area contributed by atoms with E-state index >= 15 is 0 Å². The summed E-state index contributed by atoms with van der Waals surface area (Å²) in [6, 6.07) is 0. The molecule has 0 aromatic rings. The molecular weight excluding hydrogens is 110 g/mol. The van der Waals surface area contributed by atoms with E-state index in [1.807, 2.05) is 0 Å². The zero-order valence-electron chi connectivity index (χ0n) is 4.38. The zero-order chi connectivity index (χ0) is 6.15. The lowest BCUT2D eigenvalue weighted by molar-refractivity contribution is 0.0603. The van der Waals surface area contributed by atoms with Crippen molar-refractivity contribution >= 4 is 12.2 Å². The summed E-state index contributed by atoms with van der Waals surface area (Å²) in [5, 5.41) is 0. The highest BCUT2D eigenvalue weighted by molar-refractivity contribution is 6.02. The lowest BCUT2D eigenvalue weighted by atomic mass is 10.6. The molecule has 0 atom stereocenters. The van der Waals surface area contributed by atoms with E-state index in [1.165, 1.54) is 0 Å². The molecule has 8 heavy (non-hydrogen) atoms. The summed E-state index contributed by atoms with van der Waals surface area (Å²) in [7, 11) is 0. The van der Waals surface area contributed by atoms with Crippen molar-refractivity contribution < 1.29 is 14.3 Å². The second-order valence-corrected chi connectivity index (χ2v) is 1.38. The Kier molecular flexibility index (Phi) is 0.932. The van der Waals surface area contributed by atoms with E-state index in [9.17, 15) is 9.59 Å². The Bertz CT molecular complexity index is 128. The number of amides is 2. The molecule has 0 bridgehead atoms. The Morgan fingerprint density at radius 3 is 2.12 bits per heavy atom. The number of cyclic esters (lactones) is 2. The van der Waals surface area contributed by atoms with Crippen LogP contribution in [0.25, 0.3) is 0 Å². The van der Waals surface area contributed by atoms with Crippen LogP contribution in [-0.2, 0) is 4.74 Å². The van der Waals surface area contributed by atoms with Gasteiger partial charge in [-0.05, 0) is 6.92 Å². The molecule has 1 rings (SSSR count). The molecule has 2 amide bonds. The average molecular weight is 115 g/mol. The largest absolute Gasteiger partial charge is 0.428 e. The third-order valence-electron chi connectivity index (χ3n) is 0.932. The highest BCUT2D eigenvalue weighted by Crippen LogP contribution is 2.07. The molecule has 0 saturated carbocycles. The van der Waals surface area contributed by atoms with Gasteiger partial charge in [-0.1, -0.05) is 0 Å². The maximum Gasteiger partial charge on any atom is 0.428 e. The minimum Gasteiger partial charge on any atom is -0.358 e. The summed E-state index contributed by atoms with van der Waals surface area (Å²) in [5.74, 6) is 0. The Morgan fingerprint density at radius 1 is 1.50 bits per heavy atom. The van der Waals surface area contributed by atoms with E-state index in [2.05, 4.69) is 4.74 Å². The first-order valence-electron chi connectivity index (χ1n) is 2.29. The molecule has 44 valence electrons. The van der Waals surface area contributed by atoms with Crippen molar-refractivity contribution in [2.75, 3.05) is 6.54 Å². The summed E-state index contributed by atoms with van der Waals surface area (Å²) < 4.78 is 3.99. The molecule has 1 fully saturated rings. The predicted octanol–water partition coefficient (Wildman–Crippen LogP) is 0.579. The van der Waals surface area contributed by atoms with Crippen molar-refractivity contribution in [3.8, 4) is 0 Å². The first-order chi connectivity index (χ1) is 3.75. The van der Waals surface area contributed by atoms with Crippen LogP contribution in [0.4, 0.5) is 9.59 Å². The Labute approximate surface area is 46.0 Å². The van der Waals surface area contributed by atoms with Gasteiger partial charge in [0, 0.05) is 6.54 Å². The summed E-state index contributed by atoms with van der Waals surface area (Å²) in [5.41, 5.74) is 0. The van der Waals surface area contributed by atoms with Crippen molar-refractivity contribution in [3.05, 3.63) is 0 Å². The van der Waals surface area contributed by atoms with E-state index in [-0.39, 0.29) is 0 Å². The first kappa shape index (κ1) is 5.08. The van der Waals surface area contributed by atoms with Crippen LogP contribution < -0.4 is 0 Å². The van der Waals surface area contributed by atoms with Crippen LogP contribution in [-0.4, -0.2) is 23.6 Å². The Balaban J connectivity index is 2.52. The van der Waals surface area contributed by atoms with Gasteiger partial charge in [0.25, 0.3) is 0 Å². The predicted molar refractivity (Wildman–Crippen MR) is 24.3 cm³/mol. The fourth-order valence-electron chi connectivity index (χ4n) is 0.479. The number of ether oxygens (including phenoxy) is 1. The molecule has 1 aliphatic heterocycles. The second kappa shape index (κ2) is 1.47. The summed E-state index contributed by atoms with van der Waals surface area (Å²) in [6.45, 7) is 2.11. The van der Waals surface area contributed by atoms with Gasteiger partial charge in [0.15, 0.2) is 0 Å². The number of carbonyl (C=O) groups is 2. The number of carbonyl (C=O) groups excluding carboxylic acids is 2. The van der Waals surface area contributed by atoms with Crippen molar-refractivity contribution in [1.82, 2.24) is 4.90 Å². The van der Waals surface area contributed by atoms with Gasteiger partial charge in [-0.25, -0.2) is 14.5 Å². The lowest BCUT2D eigenvalue weighted by Crippen LogP contribution is -2.49. The van der Waals surface area contributed by atoms with E-state index in [1.54, 1.807) is 6.92 Å². The van der Waals surface area contributed by atoms with E-state index in [0.717, 1.165) is 4.90 Å². The molecule has 0 aliphatic carbocycles. The normalized spacial score (nSPS) is 17.9. The second-order valence-electron chi connectivity index (χ2n) is 1.38. The third-order valence-corrected chi connectivity index (χ3v) is 0.932. The standard InChI is InChI=1S/C4H5NO3/c1-2-5-3(6)8-4(5)7/h2H2,1H3. The number of nitrogens with zero attached hydrogens (tertiary/aromatic N) is 1. The first-order valence-corrected chi connectivity index (χ1v) is 2.29. The van der Waals surface area contributed by atoms with Crippen LogP contribution in [0.1, 0.15) is 6.92 Å².